The highest BCUT2D eigenvalue weighted by atomic mass is 35.5. The largest absolute Gasteiger partial charge is 0.383 e. The molecule has 15 heavy (non-hydrogen) atoms. The summed E-state index contributed by atoms with van der Waals surface area (Å²) in [5, 5.41) is 1.79. The molecule has 0 fully saturated rings. The van der Waals surface area contributed by atoms with Crippen LogP contribution >= 0.6 is 22.9 Å². The first kappa shape index (κ1) is 10.5. The third-order valence-corrected chi connectivity index (χ3v) is 3.34. The van der Waals surface area contributed by atoms with Crippen LogP contribution in [0.5, 0.6) is 0 Å². The van der Waals surface area contributed by atoms with Gasteiger partial charge in [-0.2, -0.15) is 0 Å². The van der Waals surface area contributed by atoms with Crippen molar-refractivity contribution in [2.45, 2.75) is 13.3 Å². The summed E-state index contributed by atoms with van der Waals surface area (Å²) in [7, 11) is 0. The van der Waals surface area contributed by atoms with E-state index >= 15 is 0 Å². The fourth-order valence-electron chi connectivity index (χ4n) is 1.36. The van der Waals surface area contributed by atoms with Gasteiger partial charge < -0.3 is 5.73 Å². The van der Waals surface area contributed by atoms with Crippen molar-refractivity contribution in [3.8, 4) is 0 Å². The smallest absolute Gasteiger partial charge is 0.137 e. The highest BCUT2D eigenvalue weighted by Crippen LogP contribution is 2.22. The number of nitrogens with zero attached hydrogens (tertiary/aromatic N) is 1. The van der Waals surface area contributed by atoms with Crippen LogP contribution in [0.2, 0.25) is 5.02 Å². The Hall–Kier alpha value is -1.06. The number of nitrogens with two attached hydrogens (primary N) is 1. The average molecular weight is 239 g/mol. The molecule has 2 rings (SSSR count). The van der Waals surface area contributed by atoms with Crippen molar-refractivity contribution >= 4 is 28.8 Å². The van der Waals surface area contributed by atoms with Crippen molar-refractivity contribution in [1.29, 1.82) is 0 Å². The van der Waals surface area contributed by atoms with E-state index in [-0.39, 0.29) is 0 Å². The van der Waals surface area contributed by atoms with E-state index in [1.54, 1.807) is 11.3 Å². The second-order valence-corrected chi connectivity index (χ2v) is 5.08. The Morgan fingerprint density at radius 2 is 2.27 bits per heavy atom. The van der Waals surface area contributed by atoms with E-state index < -0.39 is 0 Å². The van der Waals surface area contributed by atoms with Gasteiger partial charge in [-0.3, -0.25) is 0 Å². The molecular formula is C11H11ClN2S. The van der Waals surface area contributed by atoms with Crippen LogP contribution in [0.3, 0.4) is 0 Å². The second-order valence-electron chi connectivity index (χ2n) is 3.36. The minimum absolute atomic E-state index is 0.636. The number of hydrogen-bond donors (Lipinski definition) is 1. The number of rotatable bonds is 2. The first-order chi connectivity index (χ1) is 7.15. The van der Waals surface area contributed by atoms with Crippen LogP contribution < -0.4 is 5.73 Å². The number of benzene rings is 1. The van der Waals surface area contributed by atoms with E-state index in [2.05, 4.69) is 4.98 Å². The number of hydrogen-bond acceptors (Lipinski definition) is 3. The van der Waals surface area contributed by atoms with Gasteiger partial charge in [-0.05, 0) is 24.6 Å². The topological polar surface area (TPSA) is 38.9 Å². The average Bonchev–Trinajstić information content (AvgIpc) is 2.45. The van der Waals surface area contributed by atoms with Gasteiger partial charge in [0.05, 0.1) is 5.01 Å². The summed E-state index contributed by atoms with van der Waals surface area (Å²) in [6.45, 7) is 1.98. The molecule has 0 aliphatic rings. The van der Waals surface area contributed by atoms with Crippen molar-refractivity contribution in [1.82, 2.24) is 4.98 Å². The first-order valence-electron chi connectivity index (χ1n) is 4.61. The Kier molecular flexibility index (Phi) is 2.93. The van der Waals surface area contributed by atoms with Gasteiger partial charge in [0.15, 0.2) is 0 Å². The van der Waals surface area contributed by atoms with Crippen LogP contribution in [-0.4, -0.2) is 4.98 Å². The lowest BCUT2D eigenvalue weighted by Gasteiger charge is -1.97. The third-order valence-electron chi connectivity index (χ3n) is 2.12. The van der Waals surface area contributed by atoms with Gasteiger partial charge in [-0.25, -0.2) is 4.98 Å². The van der Waals surface area contributed by atoms with Crippen molar-refractivity contribution in [3.63, 3.8) is 0 Å². The molecule has 0 radical (unpaired) electrons. The van der Waals surface area contributed by atoms with Gasteiger partial charge in [0.25, 0.3) is 0 Å². The Labute approximate surface area is 97.7 Å². The Morgan fingerprint density at radius 3 is 2.87 bits per heavy atom. The lowest BCUT2D eigenvalue weighted by molar-refractivity contribution is 1.14. The molecule has 0 unspecified atom stereocenters. The lowest BCUT2D eigenvalue weighted by atomic mass is 10.2. The molecule has 0 spiro atoms. The van der Waals surface area contributed by atoms with Gasteiger partial charge in [0, 0.05) is 16.3 Å². The van der Waals surface area contributed by atoms with E-state index in [0.29, 0.717) is 5.82 Å². The zero-order valence-corrected chi connectivity index (χ0v) is 9.90. The number of aromatic nitrogens is 1. The number of halogens is 1. The predicted octanol–water partition coefficient (Wildman–Crippen LogP) is 3.28. The molecule has 0 amide bonds. The van der Waals surface area contributed by atoms with E-state index in [1.807, 2.05) is 31.2 Å². The summed E-state index contributed by atoms with van der Waals surface area (Å²) in [5.41, 5.74) is 6.86. The zero-order valence-electron chi connectivity index (χ0n) is 8.33. The molecule has 2 N–H and O–H groups in total. The molecular weight excluding hydrogens is 228 g/mol. The Morgan fingerprint density at radius 1 is 1.47 bits per heavy atom. The SMILES string of the molecule is Cc1sc(Cc2cccc(Cl)c2)nc1N. The maximum absolute atomic E-state index is 5.91. The standard InChI is InChI=1S/C11H11ClN2S/c1-7-11(13)14-10(15-7)6-8-3-2-4-9(12)5-8/h2-5H,6,13H2,1H3. The minimum atomic E-state index is 0.636. The van der Waals surface area contributed by atoms with Crippen molar-refractivity contribution in [2.24, 2.45) is 0 Å². The van der Waals surface area contributed by atoms with Crippen molar-refractivity contribution in [2.75, 3.05) is 5.73 Å². The van der Waals surface area contributed by atoms with Crippen LogP contribution in [0.25, 0.3) is 0 Å². The summed E-state index contributed by atoms with van der Waals surface area (Å²) in [6.07, 6.45) is 0.795. The molecule has 78 valence electrons. The van der Waals surface area contributed by atoms with Crippen molar-refractivity contribution in [3.05, 3.63) is 44.7 Å². The van der Waals surface area contributed by atoms with Crippen LogP contribution in [-0.2, 0) is 6.42 Å². The molecule has 0 saturated heterocycles. The van der Waals surface area contributed by atoms with Crippen LogP contribution in [0.4, 0.5) is 5.82 Å². The molecule has 0 saturated carbocycles. The molecule has 2 aromatic rings. The first-order valence-corrected chi connectivity index (χ1v) is 5.81. The molecule has 0 bridgehead atoms. The number of thiazole rings is 1. The summed E-state index contributed by atoms with van der Waals surface area (Å²) in [5.74, 6) is 0.636. The third kappa shape index (κ3) is 2.49. The normalized spacial score (nSPS) is 10.5. The maximum Gasteiger partial charge on any atom is 0.137 e. The molecule has 1 heterocycles. The van der Waals surface area contributed by atoms with E-state index in [1.165, 1.54) is 0 Å². The Balaban J connectivity index is 2.22. The van der Waals surface area contributed by atoms with Gasteiger partial charge in [-0.1, -0.05) is 23.7 Å². The number of anilines is 1. The second kappa shape index (κ2) is 4.21. The van der Waals surface area contributed by atoms with Crippen LogP contribution in [0.15, 0.2) is 24.3 Å². The molecule has 1 aromatic carbocycles. The maximum atomic E-state index is 5.91. The molecule has 1 aromatic heterocycles. The van der Waals surface area contributed by atoms with Gasteiger partial charge in [0.1, 0.15) is 5.82 Å². The minimum Gasteiger partial charge on any atom is -0.383 e. The summed E-state index contributed by atoms with van der Waals surface area (Å²) in [4.78, 5) is 5.36. The molecule has 4 heteroatoms. The van der Waals surface area contributed by atoms with Crippen molar-refractivity contribution < 1.29 is 0 Å². The van der Waals surface area contributed by atoms with E-state index in [0.717, 1.165) is 26.9 Å². The molecule has 0 aliphatic heterocycles. The zero-order chi connectivity index (χ0) is 10.8. The highest BCUT2D eigenvalue weighted by molar-refractivity contribution is 7.12. The molecule has 2 nitrogen and oxygen atoms in total. The fraction of sp³-hybridized carbons (Fsp3) is 0.182. The summed E-state index contributed by atoms with van der Waals surface area (Å²) in [6, 6.07) is 7.81. The number of aryl methyl sites for hydroxylation is 1. The monoisotopic (exact) mass is 238 g/mol. The lowest BCUT2D eigenvalue weighted by Crippen LogP contribution is -1.89. The molecule has 0 aliphatic carbocycles. The summed E-state index contributed by atoms with van der Waals surface area (Å²) < 4.78 is 0. The fourth-order valence-corrected chi connectivity index (χ4v) is 2.46. The van der Waals surface area contributed by atoms with Crippen LogP contribution in [0.1, 0.15) is 15.4 Å². The Bertz CT molecular complexity index is 460. The van der Waals surface area contributed by atoms with Gasteiger partial charge in [0.2, 0.25) is 0 Å². The van der Waals surface area contributed by atoms with E-state index in [9.17, 15) is 0 Å². The van der Waals surface area contributed by atoms with Gasteiger partial charge >= 0.3 is 0 Å². The van der Waals surface area contributed by atoms with Gasteiger partial charge in [-0.15, -0.1) is 11.3 Å². The quantitative estimate of drug-likeness (QED) is 0.872. The highest BCUT2D eigenvalue weighted by Gasteiger charge is 2.05. The summed E-state index contributed by atoms with van der Waals surface area (Å²) >= 11 is 7.54. The van der Waals surface area contributed by atoms with E-state index in [4.69, 9.17) is 17.3 Å². The molecule has 0 atom stereocenters. The predicted molar refractivity (Wildman–Crippen MR) is 65.5 cm³/mol. The van der Waals surface area contributed by atoms with Crippen LogP contribution in [0, 0.1) is 6.92 Å². The number of nitrogen functional groups attached to an aromatic ring is 1.